The molecule has 0 radical (unpaired) electrons. The van der Waals surface area contributed by atoms with Crippen LogP contribution in [0.15, 0.2) is 54.6 Å². The molecule has 2 heterocycles. The molecule has 6 nitrogen and oxygen atoms in total. The van der Waals surface area contributed by atoms with Gasteiger partial charge in [0.05, 0.1) is 12.8 Å². The van der Waals surface area contributed by atoms with Crippen LogP contribution in [0.5, 0.6) is 0 Å². The average molecular weight is 444 g/mol. The summed E-state index contributed by atoms with van der Waals surface area (Å²) < 4.78 is 40.9. The predicted molar refractivity (Wildman–Crippen MR) is 119 cm³/mol. The monoisotopic (exact) mass is 443 g/mol. The van der Waals surface area contributed by atoms with Crippen molar-refractivity contribution in [2.45, 2.75) is 19.4 Å². The van der Waals surface area contributed by atoms with Gasteiger partial charge in [0, 0.05) is 36.1 Å². The number of hydrogen-bond donors (Lipinski definition) is 1. The number of carbonyl (C=O) groups excluding carboxylic acids is 1. The summed E-state index contributed by atoms with van der Waals surface area (Å²) in [6.45, 7) is 1.70. The summed E-state index contributed by atoms with van der Waals surface area (Å²) in [7, 11) is -3.17. The van der Waals surface area contributed by atoms with Crippen LogP contribution in [0.25, 0.3) is 10.9 Å². The molecule has 1 amide bonds. The van der Waals surface area contributed by atoms with Crippen molar-refractivity contribution in [2.24, 2.45) is 5.92 Å². The van der Waals surface area contributed by atoms with E-state index in [1.165, 1.54) is 16.6 Å². The number of para-hydroxylation sites is 1. The van der Waals surface area contributed by atoms with Crippen molar-refractivity contribution >= 4 is 26.8 Å². The Bertz CT molecular complexity index is 1200. The Labute approximate surface area is 181 Å². The van der Waals surface area contributed by atoms with Crippen molar-refractivity contribution in [3.05, 3.63) is 71.7 Å². The first-order valence-corrected chi connectivity index (χ1v) is 12.2. The average Bonchev–Trinajstić information content (AvgIpc) is 3.12. The second kappa shape index (κ2) is 8.80. The maximum Gasteiger partial charge on any atom is 0.267 e. The van der Waals surface area contributed by atoms with E-state index >= 15 is 0 Å². The molecule has 0 spiro atoms. The largest absolute Gasteiger partial charge is 0.350 e. The van der Waals surface area contributed by atoms with Crippen LogP contribution in [-0.2, 0) is 16.6 Å². The number of nitrogens with zero attached hydrogens (tertiary/aromatic N) is 2. The summed E-state index contributed by atoms with van der Waals surface area (Å²) in [5.41, 5.74) is 1.88. The summed E-state index contributed by atoms with van der Waals surface area (Å²) in [4.78, 5) is 13.0. The number of sulfonamides is 1. The SMILES string of the molecule is CS(=O)(=O)N1CCC(CNC(=O)c2cc3ccccc3n2Cc2ccccc2F)CC1. The molecule has 4 rings (SSSR count). The highest BCUT2D eigenvalue weighted by molar-refractivity contribution is 7.88. The van der Waals surface area contributed by atoms with Gasteiger partial charge in [-0.25, -0.2) is 17.1 Å². The smallest absolute Gasteiger partial charge is 0.267 e. The second-order valence-electron chi connectivity index (χ2n) is 8.08. The van der Waals surface area contributed by atoms with Crippen molar-refractivity contribution in [2.75, 3.05) is 25.9 Å². The molecule has 1 fully saturated rings. The van der Waals surface area contributed by atoms with Gasteiger partial charge in [0.1, 0.15) is 11.5 Å². The van der Waals surface area contributed by atoms with Gasteiger partial charge < -0.3 is 9.88 Å². The Morgan fingerprint density at radius 2 is 1.77 bits per heavy atom. The molecule has 3 aromatic rings. The summed E-state index contributed by atoms with van der Waals surface area (Å²) >= 11 is 0. The van der Waals surface area contributed by atoms with Crippen LogP contribution in [0.2, 0.25) is 0 Å². The van der Waals surface area contributed by atoms with Gasteiger partial charge in [0.2, 0.25) is 10.0 Å². The molecule has 0 saturated carbocycles. The highest BCUT2D eigenvalue weighted by atomic mass is 32.2. The van der Waals surface area contributed by atoms with E-state index in [1.807, 2.05) is 34.9 Å². The normalized spacial score (nSPS) is 15.9. The van der Waals surface area contributed by atoms with Gasteiger partial charge in [-0.2, -0.15) is 0 Å². The molecule has 1 aliphatic rings. The third-order valence-corrected chi connectivity index (χ3v) is 7.23. The zero-order valence-corrected chi connectivity index (χ0v) is 18.2. The number of benzene rings is 2. The van der Waals surface area contributed by atoms with Crippen LogP contribution >= 0.6 is 0 Å². The van der Waals surface area contributed by atoms with Crippen LogP contribution in [0.3, 0.4) is 0 Å². The minimum atomic E-state index is -3.17. The molecular weight excluding hydrogens is 417 g/mol. The van der Waals surface area contributed by atoms with Gasteiger partial charge in [0.15, 0.2) is 0 Å². The van der Waals surface area contributed by atoms with Gasteiger partial charge in [-0.1, -0.05) is 36.4 Å². The lowest BCUT2D eigenvalue weighted by Gasteiger charge is -2.30. The lowest BCUT2D eigenvalue weighted by atomic mass is 9.98. The predicted octanol–water partition coefficient (Wildman–Crippen LogP) is 3.23. The van der Waals surface area contributed by atoms with Crippen LogP contribution in [-0.4, -0.2) is 49.1 Å². The van der Waals surface area contributed by atoms with Gasteiger partial charge in [-0.05, 0) is 37.0 Å². The fraction of sp³-hybridized carbons (Fsp3) is 0.348. The number of aromatic nitrogens is 1. The summed E-state index contributed by atoms with van der Waals surface area (Å²) in [6.07, 6.45) is 2.65. The van der Waals surface area contributed by atoms with Crippen molar-refractivity contribution in [1.82, 2.24) is 14.2 Å². The third-order valence-electron chi connectivity index (χ3n) is 5.92. The van der Waals surface area contributed by atoms with E-state index in [4.69, 9.17) is 0 Å². The zero-order chi connectivity index (χ0) is 22.0. The molecule has 1 aliphatic heterocycles. The Morgan fingerprint density at radius 3 is 2.48 bits per heavy atom. The topological polar surface area (TPSA) is 71.4 Å². The Kier molecular flexibility index (Phi) is 6.11. The molecule has 1 saturated heterocycles. The zero-order valence-electron chi connectivity index (χ0n) is 17.4. The maximum absolute atomic E-state index is 14.3. The van der Waals surface area contributed by atoms with Gasteiger partial charge >= 0.3 is 0 Å². The van der Waals surface area contributed by atoms with E-state index in [0.717, 1.165) is 10.9 Å². The van der Waals surface area contributed by atoms with Crippen molar-refractivity contribution in [3.63, 3.8) is 0 Å². The molecule has 1 aromatic heterocycles. The van der Waals surface area contributed by atoms with Crippen LogP contribution in [0, 0.1) is 11.7 Å². The first kappa shape index (κ1) is 21.5. The summed E-state index contributed by atoms with van der Waals surface area (Å²) in [5, 5.41) is 3.92. The highest BCUT2D eigenvalue weighted by Crippen LogP contribution is 2.23. The molecule has 31 heavy (non-hydrogen) atoms. The lowest BCUT2D eigenvalue weighted by Crippen LogP contribution is -2.41. The molecule has 0 aliphatic carbocycles. The Balaban J connectivity index is 1.50. The number of rotatable bonds is 6. The molecule has 164 valence electrons. The van der Waals surface area contributed by atoms with Crippen molar-refractivity contribution < 1.29 is 17.6 Å². The van der Waals surface area contributed by atoms with E-state index in [0.29, 0.717) is 43.7 Å². The van der Waals surface area contributed by atoms with Crippen molar-refractivity contribution in [1.29, 1.82) is 0 Å². The van der Waals surface area contributed by atoms with E-state index in [-0.39, 0.29) is 24.2 Å². The number of fused-ring (bicyclic) bond motifs is 1. The van der Waals surface area contributed by atoms with Crippen molar-refractivity contribution in [3.8, 4) is 0 Å². The first-order valence-electron chi connectivity index (χ1n) is 10.4. The van der Waals surface area contributed by atoms with Gasteiger partial charge in [-0.3, -0.25) is 4.79 Å². The van der Waals surface area contributed by atoms with E-state index in [2.05, 4.69) is 5.32 Å². The number of halogens is 1. The summed E-state index contributed by atoms with van der Waals surface area (Å²) in [6, 6.07) is 16.1. The minimum absolute atomic E-state index is 0.210. The fourth-order valence-electron chi connectivity index (χ4n) is 4.14. The standard InChI is InChI=1S/C23H26FN3O3S/c1-31(29,30)26-12-10-17(11-13-26)15-25-23(28)22-14-18-6-3-5-9-21(18)27(22)16-19-7-2-4-8-20(19)24/h2-9,14,17H,10-13,15-16H2,1H3,(H,25,28). The van der Waals surface area contributed by atoms with E-state index in [9.17, 15) is 17.6 Å². The number of piperidine rings is 1. The Hall–Kier alpha value is -2.71. The van der Waals surface area contributed by atoms with Gasteiger partial charge in [-0.15, -0.1) is 0 Å². The van der Waals surface area contributed by atoms with Crippen LogP contribution in [0.4, 0.5) is 4.39 Å². The number of carbonyl (C=O) groups is 1. The van der Waals surface area contributed by atoms with Crippen LogP contribution in [0.1, 0.15) is 28.9 Å². The molecule has 8 heteroatoms. The number of nitrogens with one attached hydrogen (secondary N) is 1. The molecule has 1 N–H and O–H groups in total. The Morgan fingerprint density at radius 1 is 1.10 bits per heavy atom. The third kappa shape index (κ3) is 4.80. The molecule has 0 bridgehead atoms. The first-order chi connectivity index (χ1) is 14.8. The molecule has 0 unspecified atom stereocenters. The highest BCUT2D eigenvalue weighted by Gasteiger charge is 2.25. The van der Waals surface area contributed by atoms with Gasteiger partial charge in [0.25, 0.3) is 5.91 Å². The lowest BCUT2D eigenvalue weighted by molar-refractivity contribution is 0.0933. The molecule has 0 atom stereocenters. The fourth-order valence-corrected chi connectivity index (χ4v) is 5.01. The number of amides is 1. The maximum atomic E-state index is 14.3. The number of hydrogen-bond acceptors (Lipinski definition) is 3. The minimum Gasteiger partial charge on any atom is -0.350 e. The quantitative estimate of drug-likeness (QED) is 0.636. The molecular formula is C23H26FN3O3S. The van der Waals surface area contributed by atoms with E-state index in [1.54, 1.807) is 18.2 Å². The summed E-state index contributed by atoms with van der Waals surface area (Å²) in [5.74, 6) is -0.284. The van der Waals surface area contributed by atoms with Crippen LogP contribution < -0.4 is 5.32 Å². The second-order valence-corrected chi connectivity index (χ2v) is 10.1. The molecule has 2 aromatic carbocycles. The van der Waals surface area contributed by atoms with E-state index < -0.39 is 10.0 Å².